The maximum Gasteiger partial charge on any atom is 0.0135 e. The molecule has 0 aliphatic heterocycles. The second-order valence-electron chi connectivity index (χ2n) is 5.50. The molecule has 0 heterocycles. The lowest BCUT2D eigenvalue weighted by Crippen LogP contribution is -2.48. The Morgan fingerprint density at radius 3 is 2.33 bits per heavy atom. The van der Waals surface area contributed by atoms with Crippen molar-refractivity contribution in [2.75, 3.05) is 13.6 Å². The minimum Gasteiger partial charge on any atom is -0.330 e. The van der Waals surface area contributed by atoms with Gasteiger partial charge in [0.2, 0.25) is 0 Å². The van der Waals surface area contributed by atoms with Crippen molar-refractivity contribution in [2.24, 2.45) is 17.6 Å². The van der Waals surface area contributed by atoms with Gasteiger partial charge in [-0.2, -0.15) is 0 Å². The van der Waals surface area contributed by atoms with Crippen molar-refractivity contribution in [3.63, 3.8) is 0 Å². The Morgan fingerprint density at radius 2 is 1.80 bits per heavy atom. The minimum absolute atomic E-state index is 0.669. The summed E-state index contributed by atoms with van der Waals surface area (Å²) in [5, 5.41) is 0. The highest BCUT2D eigenvalue weighted by Gasteiger charge is 2.30. The molecule has 0 amide bonds. The Bertz CT molecular complexity index is 179. The quantitative estimate of drug-likeness (QED) is 0.776. The summed E-state index contributed by atoms with van der Waals surface area (Å²) in [5.74, 6) is 1.46. The fraction of sp³-hybridized carbons (Fsp3) is 1.00. The summed E-state index contributed by atoms with van der Waals surface area (Å²) in [6.07, 6.45) is 5.43. The van der Waals surface area contributed by atoms with Gasteiger partial charge in [0.05, 0.1) is 0 Å². The van der Waals surface area contributed by atoms with E-state index in [1.165, 1.54) is 25.7 Å². The third-order valence-electron chi connectivity index (χ3n) is 4.30. The molecule has 0 radical (unpaired) electrons. The van der Waals surface area contributed by atoms with E-state index < -0.39 is 0 Å². The molecule has 2 N–H and O–H groups in total. The van der Waals surface area contributed by atoms with E-state index >= 15 is 0 Å². The van der Waals surface area contributed by atoms with E-state index in [1.807, 2.05) is 0 Å². The molecule has 2 heteroatoms. The Kier molecular flexibility index (Phi) is 5.07. The summed E-state index contributed by atoms with van der Waals surface area (Å²) in [4.78, 5) is 2.57. The fourth-order valence-electron chi connectivity index (χ4n) is 2.77. The van der Waals surface area contributed by atoms with Crippen molar-refractivity contribution in [3.05, 3.63) is 0 Å². The highest BCUT2D eigenvalue weighted by atomic mass is 15.2. The molecule has 0 aromatic carbocycles. The van der Waals surface area contributed by atoms with E-state index in [2.05, 4.69) is 32.7 Å². The van der Waals surface area contributed by atoms with Crippen LogP contribution < -0.4 is 5.73 Å². The third-order valence-corrected chi connectivity index (χ3v) is 4.30. The van der Waals surface area contributed by atoms with Crippen LogP contribution in [0.2, 0.25) is 0 Å². The van der Waals surface area contributed by atoms with Gasteiger partial charge in [0.25, 0.3) is 0 Å². The fourth-order valence-corrected chi connectivity index (χ4v) is 2.77. The molecule has 0 bridgehead atoms. The predicted molar refractivity (Wildman–Crippen MR) is 66.9 cm³/mol. The SMILES string of the molecule is CC(C)C(C)N(C)C1CCCCC1CN. The lowest BCUT2D eigenvalue weighted by molar-refractivity contribution is 0.0792. The third kappa shape index (κ3) is 3.18. The van der Waals surface area contributed by atoms with Crippen LogP contribution in [0, 0.1) is 11.8 Å². The molecule has 0 aromatic heterocycles. The first-order chi connectivity index (χ1) is 7.07. The van der Waals surface area contributed by atoms with Crippen LogP contribution in [0.5, 0.6) is 0 Å². The molecule has 0 saturated heterocycles. The highest BCUT2D eigenvalue weighted by Crippen LogP contribution is 2.29. The van der Waals surface area contributed by atoms with E-state index in [1.54, 1.807) is 0 Å². The van der Waals surface area contributed by atoms with Crippen molar-refractivity contribution in [1.29, 1.82) is 0 Å². The van der Waals surface area contributed by atoms with Crippen LogP contribution in [0.3, 0.4) is 0 Å². The topological polar surface area (TPSA) is 29.3 Å². The van der Waals surface area contributed by atoms with E-state index in [9.17, 15) is 0 Å². The zero-order chi connectivity index (χ0) is 11.4. The van der Waals surface area contributed by atoms with Crippen LogP contribution in [0.25, 0.3) is 0 Å². The van der Waals surface area contributed by atoms with Crippen LogP contribution in [-0.4, -0.2) is 30.6 Å². The molecule has 3 atom stereocenters. The first-order valence-corrected chi connectivity index (χ1v) is 6.50. The second kappa shape index (κ2) is 5.86. The molecular formula is C13H28N2. The number of nitrogens with zero attached hydrogens (tertiary/aromatic N) is 1. The second-order valence-corrected chi connectivity index (χ2v) is 5.50. The van der Waals surface area contributed by atoms with Gasteiger partial charge in [-0.1, -0.05) is 26.7 Å². The van der Waals surface area contributed by atoms with Crippen LogP contribution >= 0.6 is 0 Å². The number of rotatable bonds is 4. The summed E-state index contributed by atoms with van der Waals surface area (Å²) >= 11 is 0. The maximum atomic E-state index is 5.88. The van der Waals surface area contributed by atoms with Gasteiger partial charge in [0, 0.05) is 12.1 Å². The van der Waals surface area contributed by atoms with Crippen molar-refractivity contribution < 1.29 is 0 Å². The Labute approximate surface area is 95.2 Å². The number of hydrogen-bond acceptors (Lipinski definition) is 2. The lowest BCUT2D eigenvalue weighted by Gasteiger charge is -2.42. The summed E-state index contributed by atoms with van der Waals surface area (Å²) in [6, 6.07) is 1.39. The lowest BCUT2D eigenvalue weighted by atomic mass is 9.82. The molecule has 2 nitrogen and oxygen atoms in total. The molecule has 3 unspecified atom stereocenters. The van der Waals surface area contributed by atoms with Crippen molar-refractivity contribution in [3.8, 4) is 0 Å². The van der Waals surface area contributed by atoms with Crippen LogP contribution in [-0.2, 0) is 0 Å². The van der Waals surface area contributed by atoms with Crippen molar-refractivity contribution >= 4 is 0 Å². The maximum absolute atomic E-state index is 5.88. The van der Waals surface area contributed by atoms with Crippen LogP contribution in [0.15, 0.2) is 0 Å². The summed E-state index contributed by atoms with van der Waals surface area (Å²) in [7, 11) is 2.28. The molecule has 1 aliphatic carbocycles. The minimum atomic E-state index is 0.669. The van der Waals surface area contributed by atoms with Crippen LogP contribution in [0.4, 0.5) is 0 Å². The summed E-state index contributed by atoms with van der Waals surface area (Å²) < 4.78 is 0. The molecule has 15 heavy (non-hydrogen) atoms. The average molecular weight is 212 g/mol. The first kappa shape index (κ1) is 13.0. The predicted octanol–water partition coefficient (Wildman–Crippen LogP) is 2.48. The normalized spacial score (nSPS) is 29.8. The van der Waals surface area contributed by atoms with Crippen molar-refractivity contribution in [1.82, 2.24) is 4.90 Å². The van der Waals surface area contributed by atoms with E-state index in [-0.39, 0.29) is 0 Å². The zero-order valence-electron chi connectivity index (χ0n) is 10.9. The molecule has 0 spiro atoms. The average Bonchev–Trinajstić information content (AvgIpc) is 2.26. The van der Waals surface area contributed by atoms with E-state index in [0.29, 0.717) is 6.04 Å². The van der Waals surface area contributed by atoms with Gasteiger partial charge >= 0.3 is 0 Å². The van der Waals surface area contributed by atoms with Crippen molar-refractivity contribution in [2.45, 2.75) is 58.5 Å². The highest BCUT2D eigenvalue weighted by molar-refractivity contribution is 4.85. The monoisotopic (exact) mass is 212 g/mol. The molecular weight excluding hydrogens is 184 g/mol. The Hall–Kier alpha value is -0.0800. The van der Waals surface area contributed by atoms with Gasteiger partial charge in [0.15, 0.2) is 0 Å². The molecule has 1 aliphatic rings. The van der Waals surface area contributed by atoms with E-state index in [4.69, 9.17) is 5.73 Å². The van der Waals surface area contributed by atoms with Gasteiger partial charge < -0.3 is 10.6 Å². The van der Waals surface area contributed by atoms with Gasteiger partial charge in [-0.15, -0.1) is 0 Å². The summed E-state index contributed by atoms with van der Waals surface area (Å²) in [6.45, 7) is 7.82. The smallest absolute Gasteiger partial charge is 0.0135 e. The van der Waals surface area contributed by atoms with Gasteiger partial charge in [-0.3, -0.25) is 0 Å². The summed E-state index contributed by atoms with van der Waals surface area (Å²) in [5.41, 5.74) is 5.88. The van der Waals surface area contributed by atoms with Gasteiger partial charge in [0.1, 0.15) is 0 Å². The van der Waals surface area contributed by atoms with E-state index in [0.717, 1.165) is 24.4 Å². The molecule has 0 aromatic rings. The number of nitrogens with two attached hydrogens (primary N) is 1. The standard InChI is InChI=1S/C13H28N2/c1-10(2)11(3)15(4)13-8-6-5-7-12(13)9-14/h10-13H,5-9,14H2,1-4H3. The van der Waals surface area contributed by atoms with Crippen LogP contribution in [0.1, 0.15) is 46.5 Å². The Morgan fingerprint density at radius 1 is 1.20 bits per heavy atom. The first-order valence-electron chi connectivity index (χ1n) is 6.50. The molecule has 1 saturated carbocycles. The zero-order valence-corrected chi connectivity index (χ0v) is 10.9. The largest absolute Gasteiger partial charge is 0.330 e. The molecule has 1 rings (SSSR count). The molecule has 1 fully saturated rings. The van der Waals surface area contributed by atoms with Gasteiger partial charge in [-0.25, -0.2) is 0 Å². The Balaban J connectivity index is 2.58. The molecule has 90 valence electrons. The number of hydrogen-bond donors (Lipinski definition) is 1. The van der Waals surface area contributed by atoms with Gasteiger partial charge in [-0.05, 0) is 45.2 Å².